The molecule has 1 aliphatic heterocycles. The summed E-state index contributed by atoms with van der Waals surface area (Å²) in [5.74, 6) is 1.77. The number of piperidine rings is 1. The normalized spacial score (nSPS) is 14.9. The molecule has 0 atom stereocenters. The number of carbonyl (C=O) groups is 1. The Morgan fingerprint density at radius 1 is 1.10 bits per heavy atom. The average Bonchev–Trinajstić information content (AvgIpc) is 2.71. The summed E-state index contributed by atoms with van der Waals surface area (Å²) in [5.41, 5.74) is 2.03. The Bertz CT molecular complexity index is 894. The zero-order valence-electron chi connectivity index (χ0n) is 17.7. The van der Waals surface area contributed by atoms with E-state index in [1.165, 1.54) is 11.6 Å². The summed E-state index contributed by atoms with van der Waals surface area (Å²) in [5, 5.41) is 0. The number of rotatable bonds is 6. The lowest BCUT2D eigenvalue weighted by Gasteiger charge is -2.32. The van der Waals surface area contributed by atoms with Crippen LogP contribution in [0.5, 0.6) is 11.5 Å². The maximum atomic E-state index is 12.5. The lowest BCUT2D eigenvalue weighted by Crippen LogP contribution is -2.43. The molecular formula is C23H30N2O4. The third-order valence-corrected chi connectivity index (χ3v) is 5.48. The second-order valence-electron chi connectivity index (χ2n) is 7.94. The first-order valence-corrected chi connectivity index (χ1v) is 10.2. The first-order chi connectivity index (χ1) is 13.8. The van der Waals surface area contributed by atoms with Crippen LogP contribution in [0.2, 0.25) is 0 Å². The number of likely N-dealkylation sites (tertiary alicyclic amines) is 1. The molecule has 156 valence electrons. The van der Waals surface area contributed by atoms with E-state index < -0.39 is 0 Å². The van der Waals surface area contributed by atoms with Crippen LogP contribution >= 0.6 is 0 Å². The molecule has 1 aliphatic rings. The Labute approximate surface area is 172 Å². The van der Waals surface area contributed by atoms with Gasteiger partial charge in [0.2, 0.25) is 0 Å². The highest BCUT2D eigenvalue weighted by atomic mass is 16.5. The predicted octanol–water partition coefficient (Wildman–Crippen LogP) is 3.27. The fourth-order valence-corrected chi connectivity index (χ4v) is 3.41. The molecule has 0 unspecified atom stereocenters. The van der Waals surface area contributed by atoms with Crippen molar-refractivity contribution in [3.8, 4) is 11.5 Å². The smallest absolute Gasteiger partial charge is 0.260 e. The van der Waals surface area contributed by atoms with E-state index in [0.717, 1.165) is 18.5 Å². The Balaban J connectivity index is 1.46. The quantitative estimate of drug-likeness (QED) is 0.749. The molecule has 2 heterocycles. The number of aryl methyl sites for hydroxylation is 1. The summed E-state index contributed by atoms with van der Waals surface area (Å²) in [6.45, 7) is 7.47. The van der Waals surface area contributed by atoms with Crippen molar-refractivity contribution in [2.75, 3.05) is 19.7 Å². The Morgan fingerprint density at radius 2 is 1.76 bits per heavy atom. The first kappa shape index (κ1) is 21.0. The topological polar surface area (TPSA) is 60.8 Å². The van der Waals surface area contributed by atoms with Crippen LogP contribution in [0.1, 0.15) is 43.9 Å². The number of hydrogen-bond acceptors (Lipinski definition) is 4. The van der Waals surface area contributed by atoms with Crippen molar-refractivity contribution in [2.24, 2.45) is 7.05 Å². The second kappa shape index (κ2) is 9.16. The molecule has 1 fully saturated rings. The van der Waals surface area contributed by atoms with Gasteiger partial charge in [-0.3, -0.25) is 9.59 Å². The minimum atomic E-state index is -0.0776. The highest BCUT2D eigenvalue weighted by Gasteiger charge is 2.24. The summed E-state index contributed by atoms with van der Waals surface area (Å²) >= 11 is 0. The molecule has 1 amide bonds. The molecule has 0 N–H and O–H groups in total. The van der Waals surface area contributed by atoms with Crippen molar-refractivity contribution in [2.45, 2.75) is 45.6 Å². The molecule has 0 radical (unpaired) electrons. The lowest BCUT2D eigenvalue weighted by molar-refractivity contribution is -0.135. The van der Waals surface area contributed by atoms with Gasteiger partial charge in [-0.15, -0.1) is 0 Å². The van der Waals surface area contributed by atoms with Crippen LogP contribution in [-0.4, -0.2) is 41.2 Å². The number of benzene rings is 1. The minimum absolute atomic E-state index is 0.00931. The van der Waals surface area contributed by atoms with Crippen LogP contribution in [0.15, 0.2) is 41.2 Å². The van der Waals surface area contributed by atoms with E-state index >= 15 is 0 Å². The molecular weight excluding hydrogens is 368 g/mol. The highest BCUT2D eigenvalue weighted by molar-refractivity contribution is 5.77. The number of nitrogens with zero attached hydrogens (tertiary/aromatic N) is 2. The van der Waals surface area contributed by atoms with Crippen LogP contribution in [0.3, 0.4) is 0 Å². The third-order valence-electron chi connectivity index (χ3n) is 5.48. The monoisotopic (exact) mass is 398 g/mol. The van der Waals surface area contributed by atoms with Crippen molar-refractivity contribution < 1.29 is 14.3 Å². The van der Waals surface area contributed by atoms with E-state index in [-0.39, 0.29) is 24.2 Å². The lowest BCUT2D eigenvalue weighted by atomic mass is 10.0. The Kier molecular flexibility index (Phi) is 6.62. The van der Waals surface area contributed by atoms with Gasteiger partial charge >= 0.3 is 0 Å². The summed E-state index contributed by atoms with van der Waals surface area (Å²) in [6.07, 6.45) is 1.49. The number of carbonyl (C=O) groups excluding carboxylic acids is 1. The Morgan fingerprint density at radius 3 is 2.34 bits per heavy atom. The van der Waals surface area contributed by atoms with E-state index in [4.69, 9.17) is 9.47 Å². The van der Waals surface area contributed by atoms with Gasteiger partial charge in [-0.25, -0.2) is 0 Å². The average molecular weight is 399 g/mol. The maximum absolute atomic E-state index is 12.5. The maximum Gasteiger partial charge on any atom is 0.260 e. The van der Waals surface area contributed by atoms with Crippen molar-refractivity contribution in [1.29, 1.82) is 0 Å². The van der Waals surface area contributed by atoms with Crippen LogP contribution in [0, 0.1) is 6.92 Å². The first-order valence-electron chi connectivity index (χ1n) is 10.2. The predicted molar refractivity (Wildman–Crippen MR) is 113 cm³/mol. The number of pyridine rings is 1. The van der Waals surface area contributed by atoms with Crippen molar-refractivity contribution in [3.05, 3.63) is 58.0 Å². The Hall–Kier alpha value is -2.76. The molecule has 1 aromatic carbocycles. The van der Waals surface area contributed by atoms with E-state index in [2.05, 4.69) is 13.8 Å². The van der Waals surface area contributed by atoms with E-state index in [1.807, 2.05) is 42.2 Å². The van der Waals surface area contributed by atoms with Gasteiger partial charge in [0.1, 0.15) is 17.6 Å². The molecule has 0 aliphatic carbocycles. The highest BCUT2D eigenvalue weighted by Crippen LogP contribution is 2.20. The van der Waals surface area contributed by atoms with Gasteiger partial charge < -0.3 is 18.9 Å². The fourth-order valence-electron chi connectivity index (χ4n) is 3.41. The number of hydrogen-bond donors (Lipinski definition) is 0. The van der Waals surface area contributed by atoms with Crippen LogP contribution < -0.4 is 15.0 Å². The van der Waals surface area contributed by atoms with Gasteiger partial charge in [-0.2, -0.15) is 0 Å². The molecule has 6 nitrogen and oxygen atoms in total. The van der Waals surface area contributed by atoms with Crippen molar-refractivity contribution in [3.63, 3.8) is 0 Å². The number of ether oxygens (including phenoxy) is 2. The van der Waals surface area contributed by atoms with Gasteiger partial charge in [0.15, 0.2) is 6.61 Å². The molecule has 2 aromatic rings. The SMILES string of the molecule is Cc1cc(OC2CCN(C(=O)COc3ccc(C(C)C)cc3)CC2)cc(=O)n1C. The van der Waals surface area contributed by atoms with Gasteiger partial charge in [0, 0.05) is 44.7 Å². The van der Waals surface area contributed by atoms with Crippen LogP contribution in [0.4, 0.5) is 0 Å². The summed E-state index contributed by atoms with van der Waals surface area (Å²) < 4.78 is 13.2. The van der Waals surface area contributed by atoms with Gasteiger partial charge in [-0.1, -0.05) is 26.0 Å². The number of amides is 1. The van der Waals surface area contributed by atoms with E-state index in [0.29, 0.717) is 30.5 Å². The zero-order chi connectivity index (χ0) is 21.0. The van der Waals surface area contributed by atoms with E-state index in [1.54, 1.807) is 11.6 Å². The largest absolute Gasteiger partial charge is 0.490 e. The summed E-state index contributed by atoms with van der Waals surface area (Å²) in [7, 11) is 1.74. The van der Waals surface area contributed by atoms with Crippen molar-refractivity contribution in [1.82, 2.24) is 9.47 Å². The molecule has 0 bridgehead atoms. The van der Waals surface area contributed by atoms with Gasteiger partial charge in [0.05, 0.1) is 0 Å². The third kappa shape index (κ3) is 5.40. The minimum Gasteiger partial charge on any atom is -0.490 e. The molecule has 1 saturated heterocycles. The molecule has 6 heteroatoms. The summed E-state index contributed by atoms with van der Waals surface area (Å²) in [4.78, 5) is 26.2. The fraction of sp³-hybridized carbons (Fsp3) is 0.478. The summed E-state index contributed by atoms with van der Waals surface area (Å²) in [6, 6.07) is 11.3. The molecule has 1 aromatic heterocycles. The van der Waals surface area contributed by atoms with Gasteiger partial charge in [0.25, 0.3) is 11.5 Å². The van der Waals surface area contributed by atoms with Crippen LogP contribution in [-0.2, 0) is 11.8 Å². The van der Waals surface area contributed by atoms with E-state index in [9.17, 15) is 9.59 Å². The zero-order valence-corrected chi connectivity index (χ0v) is 17.7. The molecule has 0 saturated carbocycles. The van der Waals surface area contributed by atoms with Crippen LogP contribution in [0.25, 0.3) is 0 Å². The second-order valence-corrected chi connectivity index (χ2v) is 7.94. The number of aromatic nitrogens is 1. The molecule has 3 rings (SSSR count). The molecule has 29 heavy (non-hydrogen) atoms. The van der Waals surface area contributed by atoms with Crippen molar-refractivity contribution >= 4 is 5.91 Å². The molecule has 0 spiro atoms. The van der Waals surface area contributed by atoms with Gasteiger partial charge in [-0.05, 0) is 36.6 Å². The standard InChI is InChI=1S/C23H30N2O4/c1-16(2)18-5-7-19(8-6-18)28-15-23(27)25-11-9-20(10-12-25)29-21-13-17(3)24(4)22(26)14-21/h5-8,13-14,16,20H,9-12,15H2,1-4H3.